The molecule has 4 rings (SSSR count). The molecular formula is C19H27N5O2S. The minimum Gasteiger partial charge on any atom is -0.391 e. The normalized spacial score (nSPS) is 25.8. The zero-order valence-corrected chi connectivity index (χ0v) is 16.3. The lowest BCUT2D eigenvalue weighted by Gasteiger charge is -2.37. The first-order valence-corrected chi connectivity index (χ1v) is 10.7. The van der Waals surface area contributed by atoms with Gasteiger partial charge in [-0.1, -0.05) is 0 Å². The van der Waals surface area contributed by atoms with Crippen LogP contribution < -0.4 is 15.8 Å². The van der Waals surface area contributed by atoms with Crippen LogP contribution in [-0.4, -0.2) is 45.1 Å². The van der Waals surface area contributed by atoms with Gasteiger partial charge >= 0.3 is 0 Å². The second kappa shape index (κ2) is 8.50. The van der Waals surface area contributed by atoms with Gasteiger partial charge in [-0.25, -0.2) is 4.68 Å². The van der Waals surface area contributed by atoms with Crippen LogP contribution in [0.5, 0.6) is 0 Å². The number of nitrogens with zero attached hydrogens (tertiary/aromatic N) is 4. The number of hydrogen-bond donors (Lipinski definition) is 2. The predicted molar refractivity (Wildman–Crippen MR) is 106 cm³/mol. The summed E-state index contributed by atoms with van der Waals surface area (Å²) in [6.07, 6.45) is 7.40. The molecule has 146 valence electrons. The molecule has 0 aromatic carbocycles. The Morgan fingerprint density at radius 1 is 1.22 bits per heavy atom. The van der Waals surface area contributed by atoms with Crippen LogP contribution in [0.25, 0.3) is 0 Å². The molecular weight excluding hydrogens is 362 g/mol. The molecule has 2 aliphatic rings. The van der Waals surface area contributed by atoms with E-state index in [9.17, 15) is 9.90 Å². The smallest absolute Gasteiger partial charge is 0.267 e. The summed E-state index contributed by atoms with van der Waals surface area (Å²) >= 11 is 1.66. The molecule has 3 unspecified atom stereocenters. The monoisotopic (exact) mass is 389 g/mol. The van der Waals surface area contributed by atoms with E-state index in [0.717, 1.165) is 57.6 Å². The zero-order valence-electron chi connectivity index (χ0n) is 15.5. The Morgan fingerprint density at radius 2 is 2.15 bits per heavy atom. The van der Waals surface area contributed by atoms with Gasteiger partial charge in [-0.15, -0.1) is 11.3 Å². The first-order chi connectivity index (χ1) is 13.2. The molecule has 8 heteroatoms. The third-order valence-corrected chi connectivity index (χ3v) is 6.43. The van der Waals surface area contributed by atoms with E-state index >= 15 is 0 Å². The first kappa shape index (κ1) is 18.6. The summed E-state index contributed by atoms with van der Waals surface area (Å²) < 4.78 is 1.52. The summed E-state index contributed by atoms with van der Waals surface area (Å²) in [5, 5.41) is 18.4. The van der Waals surface area contributed by atoms with Crippen molar-refractivity contribution in [2.24, 2.45) is 0 Å². The van der Waals surface area contributed by atoms with Crippen LogP contribution in [-0.2, 0) is 6.54 Å². The highest BCUT2D eigenvalue weighted by Gasteiger charge is 2.30. The molecule has 0 spiro atoms. The minimum atomic E-state index is -0.469. The average Bonchev–Trinajstić information content (AvgIpc) is 3.35. The highest BCUT2D eigenvalue weighted by atomic mass is 32.1. The van der Waals surface area contributed by atoms with Gasteiger partial charge in [0, 0.05) is 42.8 Å². The van der Waals surface area contributed by atoms with Gasteiger partial charge in [0.25, 0.3) is 5.56 Å². The lowest BCUT2D eigenvalue weighted by molar-refractivity contribution is 0.127. The van der Waals surface area contributed by atoms with Crippen LogP contribution in [0.3, 0.4) is 0 Å². The third-order valence-electron chi connectivity index (χ3n) is 5.65. The highest BCUT2D eigenvalue weighted by molar-refractivity contribution is 7.09. The van der Waals surface area contributed by atoms with Crippen molar-refractivity contribution in [1.82, 2.24) is 20.1 Å². The average molecular weight is 390 g/mol. The van der Waals surface area contributed by atoms with Crippen molar-refractivity contribution in [3.05, 3.63) is 39.1 Å². The molecule has 3 heterocycles. The number of aliphatic hydroxyl groups excluding tert-OH is 1. The summed E-state index contributed by atoms with van der Waals surface area (Å²) in [5.41, 5.74) is 1.73. The fourth-order valence-electron chi connectivity index (χ4n) is 4.22. The Hall–Kier alpha value is -1.77. The van der Waals surface area contributed by atoms with Crippen LogP contribution >= 0.6 is 11.3 Å². The number of nitrogens with one attached hydrogen (secondary N) is 1. The van der Waals surface area contributed by atoms with Crippen molar-refractivity contribution in [2.75, 3.05) is 18.0 Å². The standard InChI is InChI=1S/C19H27N5O2S/c25-17-6-3-5-16(17)24-19(26)8-7-18(22-24)23-9-2-1-4-14(23)10-20-11-15-12-21-13-27-15/h7-8,12-14,16-17,20,25H,1-6,9-11H2. The number of rotatable bonds is 6. The number of thiazole rings is 1. The summed E-state index contributed by atoms with van der Waals surface area (Å²) in [4.78, 5) is 20.0. The molecule has 3 atom stereocenters. The number of aromatic nitrogens is 3. The number of anilines is 1. The molecule has 1 saturated carbocycles. The Morgan fingerprint density at radius 3 is 2.93 bits per heavy atom. The molecule has 7 nitrogen and oxygen atoms in total. The predicted octanol–water partition coefficient (Wildman–Crippen LogP) is 1.93. The van der Waals surface area contributed by atoms with E-state index in [2.05, 4.69) is 20.3 Å². The van der Waals surface area contributed by atoms with E-state index in [4.69, 9.17) is 0 Å². The third kappa shape index (κ3) is 4.23. The van der Waals surface area contributed by atoms with Crippen LogP contribution in [0.2, 0.25) is 0 Å². The highest BCUT2D eigenvalue weighted by Crippen LogP contribution is 2.29. The maximum absolute atomic E-state index is 12.3. The maximum Gasteiger partial charge on any atom is 0.267 e. The molecule has 0 amide bonds. The van der Waals surface area contributed by atoms with Gasteiger partial charge in [0.15, 0.2) is 0 Å². The fourth-order valence-corrected chi connectivity index (χ4v) is 4.78. The number of piperidine rings is 1. The van der Waals surface area contributed by atoms with Crippen molar-refractivity contribution in [1.29, 1.82) is 0 Å². The second-order valence-electron chi connectivity index (χ2n) is 7.48. The molecule has 2 aromatic heterocycles. The molecule has 1 aliphatic heterocycles. The van der Waals surface area contributed by atoms with E-state index in [1.54, 1.807) is 17.4 Å². The molecule has 2 aromatic rings. The Bertz CT molecular complexity index is 794. The summed E-state index contributed by atoms with van der Waals surface area (Å²) in [5.74, 6) is 0.845. The lowest BCUT2D eigenvalue weighted by atomic mass is 10.0. The van der Waals surface area contributed by atoms with Gasteiger partial charge in [0.1, 0.15) is 5.82 Å². The fraction of sp³-hybridized carbons (Fsp3) is 0.632. The molecule has 27 heavy (non-hydrogen) atoms. The molecule has 1 aliphatic carbocycles. The summed E-state index contributed by atoms with van der Waals surface area (Å²) in [6.45, 7) is 2.66. The SMILES string of the molecule is O=c1ccc(N2CCCCC2CNCc2cncs2)nn1C1CCCC1O. The van der Waals surface area contributed by atoms with Crippen LogP contribution in [0.15, 0.2) is 28.6 Å². The number of aliphatic hydroxyl groups is 1. The molecule has 0 radical (unpaired) electrons. The maximum atomic E-state index is 12.3. The molecule has 2 N–H and O–H groups in total. The van der Waals surface area contributed by atoms with E-state index < -0.39 is 6.10 Å². The van der Waals surface area contributed by atoms with Gasteiger partial charge in [-0.2, -0.15) is 5.10 Å². The van der Waals surface area contributed by atoms with Gasteiger partial charge in [-0.05, 0) is 44.6 Å². The Kier molecular flexibility index (Phi) is 5.85. The van der Waals surface area contributed by atoms with E-state index in [1.807, 2.05) is 17.8 Å². The summed E-state index contributed by atoms with van der Waals surface area (Å²) in [7, 11) is 0. The van der Waals surface area contributed by atoms with Gasteiger partial charge in [-0.3, -0.25) is 9.78 Å². The van der Waals surface area contributed by atoms with Crippen LogP contribution in [0.1, 0.15) is 49.4 Å². The van der Waals surface area contributed by atoms with E-state index in [-0.39, 0.29) is 11.6 Å². The molecule has 1 saturated heterocycles. The second-order valence-corrected chi connectivity index (χ2v) is 8.45. The number of hydrogen-bond acceptors (Lipinski definition) is 7. The van der Waals surface area contributed by atoms with Crippen molar-refractivity contribution >= 4 is 17.2 Å². The van der Waals surface area contributed by atoms with Crippen molar-refractivity contribution < 1.29 is 5.11 Å². The molecule has 2 fully saturated rings. The van der Waals surface area contributed by atoms with Gasteiger partial charge in [0.2, 0.25) is 0 Å². The molecule has 0 bridgehead atoms. The van der Waals surface area contributed by atoms with E-state index in [0.29, 0.717) is 6.04 Å². The van der Waals surface area contributed by atoms with Crippen LogP contribution in [0, 0.1) is 0 Å². The Labute approximate surface area is 163 Å². The van der Waals surface area contributed by atoms with Crippen molar-refractivity contribution in [2.45, 2.75) is 63.3 Å². The van der Waals surface area contributed by atoms with Gasteiger partial charge < -0.3 is 15.3 Å². The van der Waals surface area contributed by atoms with Crippen molar-refractivity contribution in [3.8, 4) is 0 Å². The largest absolute Gasteiger partial charge is 0.391 e. The first-order valence-electron chi connectivity index (χ1n) is 9.85. The minimum absolute atomic E-state index is 0.124. The lowest BCUT2D eigenvalue weighted by Crippen LogP contribution is -2.46. The topological polar surface area (TPSA) is 83.3 Å². The van der Waals surface area contributed by atoms with Crippen LogP contribution in [0.4, 0.5) is 5.82 Å². The Balaban J connectivity index is 1.48. The zero-order chi connectivity index (χ0) is 18.6. The quantitative estimate of drug-likeness (QED) is 0.786. The van der Waals surface area contributed by atoms with E-state index in [1.165, 1.54) is 16.0 Å². The van der Waals surface area contributed by atoms with Gasteiger partial charge in [0.05, 0.1) is 17.7 Å². The summed E-state index contributed by atoms with van der Waals surface area (Å²) in [6, 6.07) is 3.61. The van der Waals surface area contributed by atoms with Crippen molar-refractivity contribution in [3.63, 3.8) is 0 Å².